The van der Waals surface area contributed by atoms with E-state index in [4.69, 9.17) is 0 Å². The van der Waals surface area contributed by atoms with Crippen LogP contribution in [0.1, 0.15) is 75.8 Å². The van der Waals surface area contributed by atoms with Crippen molar-refractivity contribution in [3.63, 3.8) is 0 Å². The molecule has 0 aliphatic heterocycles. The van der Waals surface area contributed by atoms with Crippen molar-refractivity contribution in [2.24, 2.45) is 5.92 Å². The first kappa shape index (κ1) is 21.4. The SMILES string of the molecule is C=C(C)c1cc(CCc2ccc(C3=CC=C(C(C)C)C3)cc2)cc(C(C)(C)C)c1. The van der Waals surface area contributed by atoms with Crippen molar-refractivity contribution in [3.05, 3.63) is 94.6 Å². The zero-order valence-electron chi connectivity index (χ0n) is 19.1. The molecule has 0 amide bonds. The highest BCUT2D eigenvalue weighted by Gasteiger charge is 2.16. The molecule has 0 radical (unpaired) electrons. The van der Waals surface area contributed by atoms with Crippen LogP contribution >= 0.6 is 0 Å². The number of aryl methyl sites for hydroxylation is 2. The fourth-order valence-corrected chi connectivity index (χ4v) is 3.83. The molecule has 1 aliphatic rings. The molecule has 0 aromatic heterocycles. The van der Waals surface area contributed by atoms with E-state index in [1.807, 2.05) is 0 Å². The molecule has 29 heavy (non-hydrogen) atoms. The van der Waals surface area contributed by atoms with Crippen LogP contribution in [0.15, 0.2) is 66.8 Å². The van der Waals surface area contributed by atoms with Crippen molar-refractivity contribution in [1.29, 1.82) is 0 Å². The molecular formula is C29H36. The number of hydrogen-bond acceptors (Lipinski definition) is 0. The van der Waals surface area contributed by atoms with Gasteiger partial charge in [-0.25, -0.2) is 0 Å². The monoisotopic (exact) mass is 384 g/mol. The lowest BCUT2D eigenvalue weighted by Crippen LogP contribution is -2.12. The fraction of sp³-hybridized carbons (Fsp3) is 0.379. The number of hydrogen-bond donors (Lipinski definition) is 0. The minimum atomic E-state index is 0.153. The van der Waals surface area contributed by atoms with E-state index in [0.29, 0.717) is 5.92 Å². The van der Waals surface area contributed by atoms with Gasteiger partial charge in [0.1, 0.15) is 0 Å². The summed E-state index contributed by atoms with van der Waals surface area (Å²) >= 11 is 0. The van der Waals surface area contributed by atoms with Crippen LogP contribution < -0.4 is 0 Å². The molecule has 0 nitrogen and oxygen atoms in total. The first-order valence-electron chi connectivity index (χ1n) is 10.9. The van der Waals surface area contributed by atoms with Gasteiger partial charge in [0.2, 0.25) is 0 Å². The van der Waals surface area contributed by atoms with Crippen molar-refractivity contribution in [2.75, 3.05) is 0 Å². The quantitative estimate of drug-likeness (QED) is 0.471. The zero-order chi connectivity index (χ0) is 21.2. The molecule has 0 unspecified atom stereocenters. The predicted molar refractivity (Wildman–Crippen MR) is 129 cm³/mol. The average molecular weight is 385 g/mol. The van der Waals surface area contributed by atoms with E-state index in [1.54, 1.807) is 0 Å². The smallest absolute Gasteiger partial charge is 0.00555 e. The van der Waals surface area contributed by atoms with E-state index in [0.717, 1.165) is 24.8 Å². The summed E-state index contributed by atoms with van der Waals surface area (Å²) in [6.07, 6.45) is 7.82. The van der Waals surface area contributed by atoms with Gasteiger partial charge in [0, 0.05) is 0 Å². The maximum Gasteiger partial charge on any atom is -0.00555 e. The lowest BCUT2D eigenvalue weighted by Gasteiger charge is -2.21. The molecule has 0 fully saturated rings. The lowest BCUT2D eigenvalue weighted by atomic mass is 9.83. The molecule has 0 heteroatoms. The van der Waals surface area contributed by atoms with Crippen molar-refractivity contribution < 1.29 is 0 Å². The van der Waals surface area contributed by atoms with Crippen LogP contribution in [0.5, 0.6) is 0 Å². The summed E-state index contributed by atoms with van der Waals surface area (Å²) in [5.74, 6) is 0.635. The Morgan fingerprint density at radius 1 is 0.931 bits per heavy atom. The molecule has 2 aromatic rings. The molecule has 2 aromatic carbocycles. The van der Waals surface area contributed by atoms with Crippen LogP contribution in [0.2, 0.25) is 0 Å². The Morgan fingerprint density at radius 3 is 2.14 bits per heavy atom. The van der Waals surface area contributed by atoms with Gasteiger partial charge in [-0.2, -0.15) is 0 Å². The van der Waals surface area contributed by atoms with E-state index in [1.165, 1.54) is 39.0 Å². The topological polar surface area (TPSA) is 0 Å². The molecule has 0 saturated carbocycles. The Kier molecular flexibility index (Phi) is 6.32. The van der Waals surface area contributed by atoms with E-state index in [2.05, 4.69) is 103 Å². The Bertz CT molecular complexity index is 941. The van der Waals surface area contributed by atoms with E-state index in [9.17, 15) is 0 Å². The highest BCUT2D eigenvalue weighted by molar-refractivity contribution is 5.72. The van der Waals surface area contributed by atoms with E-state index >= 15 is 0 Å². The summed E-state index contributed by atoms with van der Waals surface area (Å²) in [5, 5.41) is 0. The maximum atomic E-state index is 4.16. The predicted octanol–water partition coefficient (Wildman–Crippen LogP) is 8.17. The average Bonchev–Trinajstić information content (AvgIpc) is 3.16. The molecule has 0 spiro atoms. The summed E-state index contributed by atoms with van der Waals surface area (Å²) < 4.78 is 0. The molecule has 0 heterocycles. The molecule has 0 N–H and O–H groups in total. The standard InChI is InChI=1S/C29H36/c1-20(2)25-14-15-26(18-25)24-12-10-22(11-13-24)8-9-23-16-27(21(3)4)19-28(17-23)29(5,6)7/h10-17,19-20H,3,8-9,18H2,1-2,4-7H3. The van der Waals surface area contributed by atoms with Crippen LogP contribution in [0.4, 0.5) is 0 Å². The molecule has 3 rings (SSSR count). The second-order valence-electron chi connectivity index (χ2n) is 9.91. The molecular weight excluding hydrogens is 348 g/mol. The van der Waals surface area contributed by atoms with Crippen molar-refractivity contribution in [3.8, 4) is 0 Å². The molecule has 152 valence electrons. The fourth-order valence-electron chi connectivity index (χ4n) is 3.83. The van der Waals surface area contributed by atoms with Crippen molar-refractivity contribution >= 4 is 11.1 Å². The van der Waals surface area contributed by atoms with Gasteiger partial charge in [0.05, 0.1) is 0 Å². The van der Waals surface area contributed by atoms with Gasteiger partial charge < -0.3 is 0 Å². The summed E-state index contributed by atoms with van der Waals surface area (Å²) in [5.41, 5.74) is 11.1. The van der Waals surface area contributed by atoms with Crippen LogP contribution in [0, 0.1) is 5.92 Å². The maximum absolute atomic E-state index is 4.16. The Balaban J connectivity index is 1.69. The van der Waals surface area contributed by atoms with E-state index in [-0.39, 0.29) is 5.41 Å². The van der Waals surface area contributed by atoms with Gasteiger partial charge >= 0.3 is 0 Å². The van der Waals surface area contributed by atoms with E-state index < -0.39 is 0 Å². The summed E-state index contributed by atoms with van der Waals surface area (Å²) in [7, 11) is 0. The minimum absolute atomic E-state index is 0.153. The highest BCUT2D eigenvalue weighted by atomic mass is 14.2. The third-order valence-corrected chi connectivity index (χ3v) is 6.01. The summed E-state index contributed by atoms with van der Waals surface area (Å²) in [6, 6.07) is 16.2. The lowest BCUT2D eigenvalue weighted by molar-refractivity contribution is 0.589. The first-order chi connectivity index (χ1) is 13.6. The third-order valence-electron chi connectivity index (χ3n) is 6.01. The van der Waals surface area contributed by atoms with Crippen LogP contribution in [0.25, 0.3) is 11.1 Å². The zero-order valence-corrected chi connectivity index (χ0v) is 19.1. The van der Waals surface area contributed by atoms with Gasteiger partial charge in [-0.1, -0.05) is 107 Å². The largest absolute Gasteiger partial charge is 0.0955 e. The normalized spacial score (nSPS) is 14.2. The molecule has 0 bridgehead atoms. The second kappa shape index (κ2) is 8.57. The number of allylic oxidation sites excluding steroid dienone is 5. The van der Waals surface area contributed by atoms with Crippen LogP contribution in [-0.2, 0) is 18.3 Å². The molecule has 0 saturated heterocycles. The Hall–Kier alpha value is -2.34. The van der Waals surface area contributed by atoms with Crippen molar-refractivity contribution in [1.82, 2.24) is 0 Å². The van der Waals surface area contributed by atoms with Gasteiger partial charge in [0.25, 0.3) is 0 Å². The number of rotatable bonds is 6. The second-order valence-corrected chi connectivity index (χ2v) is 9.91. The first-order valence-corrected chi connectivity index (χ1v) is 10.9. The molecule has 1 aliphatic carbocycles. The minimum Gasteiger partial charge on any atom is -0.0955 e. The highest BCUT2D eigenvalue weighted by Crippen LogP contribution is 2.32. The van der Waals surface area contributed by atoms with Gasteiger partial charge in [-0.15, -0.1) is 0 Å². The van der Waals surface area contributed by atoms with Crippen molar-refractivity contribution in [2.45, 2.75) is 66.2 Å². The van der Waals surface area contributed by atoms with Gasteiger partial charge in [-0.3, -0.25) is 0 Å². The van der Waals surface area contributed by atoms with Gasteiger partial charge in [0.15, 0.2) is 0 Å². The molecule has 0 atom stereocenters. The van der Waals surface area contributed by atoms with Gasteiger partial charge in [-0.05, 0) is 70.9 Å². The third kappa shape index (κ3) is 5.38. The van der Waals surface area contributed by atoms with Crippen LogP contribution in [0.3, 0.4) is 0 Å². The van der Waals surface area contributed by atoms with Crippen LogP contribution in [-0.4, -0.2) is 0 Å². The summed E-state index contributed by atoms with van der Waals surface area (Å²) in [4.78, 5) is 0. The summed E-state index contributed by atoms with van der Waals surface area (Å²) in [6.45, 7) is 17.7. The Labute approximate surface area is 178 Å². The Morgan fingerprint density at radius 2 is 1.59 bits per heavy atom. The number of benzene rings is 2.